The summed E-state index contributed by atoms with van der Waals surface area (Å²) in [4.78, 5) is 60.3. The Morgan fingerprint density at radius 3 is 1.92 bits per heavy atom. The third-order valence-electron chi connectivity index (χ3n) is 9.83. The number of fused-ring (bicyclic) bond motifs is 6. The molecule has 1 aromatic rings. The Bertz CT molecular complexity index is 1950. The molecular weight excluding hydrogens is 616 g/mol. The van der Waals surface area contributed by atoms with Crippen LogP contribution in [0.25, 0.3) is 12.2 Å². The smallest absolute Gasteiger partial charge is 0.303 e. The third-order valence-corrected chi connectivity index (χ3v) is 9.83. The lowest BCUT2D eigenvalue weighted by atomic mass is 9.69. The maximum atomic E-state index is 11.9. The second-order valence-corrected chi connectivity index (χ2v) is 12.8. The second kappa shape index (κ2) is 13.5. The SMILES string of the molecule is CC1=C(CCC(=O)O)C2=CC3NC(=C(C)C3(CCC(=O)O)CCC(=O)O)C=C3N=C(C=c4cc(C)c([nH]4)=CC1=N2)C(CCC(=O)O)=C3C. The van der Waals surface area contributed by atoms with Gasteiger partial charge in [0.2, 0.25) is 0 Å². The molecule has 8 bridgehead atoms. The van der Waals surface area contributed by atoms with Crippen LogP contribution in [0.15, 0.2) is 73.2 Å². The molecular formula is C36H40N4O8. The molecule has 0 aliphatic carbocycles. The molecule has 5 heterocycles. The number of aromatic amines is 1. The van der Waals surface area contributed by atoms with E-state index in [-0.39, 0.29) is 51.4 Å². The van der Waals surface area contributed by atoms with Crippen LogP contribution in [0.1, 0.15) is 77.7 Å². The first-order valence-corrected chi connectivity index (χ1v) is 15.9. The highest BCUT2D eigenvalue weighted by atomic mass is 16.4. The van der Waals surface area contributed by atoms with Crippen molar-refractivity contribution in [1.29, 1.82) is 0 Å². The lowest BCUT2D eigenvalue weighted by Gasteiger charge is -2.35. The number of nitrogens with one attached hydrogen (secondary N) is 2. The fraction of sp³-hybridized carbons (Fsp3) is 0.389. The van der Waals surface area contributed by atoms with Crippen LogP contribution in [0.5, 0.6) is 0 Å². The van der Waals surface area contributed by atoms with Crippen LogP contribution in [0.3, 0.4) is 0 Å². The lowest BCUT2D eigenvalue weighted by Crippen LogP contribution is -2.39. The largest absolute Gasteiger partial charge is 0.481 e. The molecule has 1 unspecified atom stereocenters. The van der Waals surface area contributed by atoms with Crippen molar-refractivity contribution in [1.82, 2.24) is 10.3 Å². The van der Waals surface area contributed by atoms with Gasteiger partial charge in [-0.2, -0.15) is 0 Å². The Morgan fingerprint density at radius 2 is 1.31 bits per heavy atom. The fourth-order valence-corrected chi connectivity index (χ4v) is 7.03. The minimum absolute atomic E-state index is 0.0750. The second-order valence-electron chi connectivity index (χ2n) is 12.8. The maximum Gasteiger partial charge on any atom is 0.303 e. The number of aryl methyl sites for hydroxylation is 1. The average Bonchev–Trinajstić information content (AvgIpc) is 3.67. The van der Waals surface area contributed by atoms with Gasteiger partial charge in [0, 0.05) is 47.5 Å². The number of H-pyrrole nitrogens is 1. The number of hydrogen-bond donors (Lipinski definition) is 6. The zero-order valence-corrected chi connectivity index (χ0v) is 27.4. The molecule has 1 aromatic heterocycles. The molecule has 1 atom stereocenters. The number of rotatable bonds is 12. The van der Waals surface area contributed by atoms with Gasteiger partial charge in [-0.1, -0.05) is 0 Å². The topological polar surface area (TPSA) is 202 Å². The van der Waals surface area contributed by atoms with Gasteiger partial charge in [-0.05, 0) is 117 Å². The summed E-state index contributed by atoms with van der Waals surface area (Å²) in [6.07, 6.45) is 7.75. The first kappa shape index (κ1) is 34.1. The standard InChI is InChI=1S/C36H40N4O8/c1-18-13-22-14-29-23(5-7-32(41)42)19(2)27(38-29)16-28-21(4)36(11-9-34(45)46,12-10-35(47)48)31(40-28)17-30-24(6-8-33(43)44)20(3)26(39-30)15-25(18)37-22/h13-17,31,37,40H,5-12H2,1-4H3,(H,41,42)(H,43,44)(H,45,46)(H,47,48). The summed E-state index contributed by atoms with van der Waals surface area (Å²) in [5, 5.41) is 43.6. The van der Waals surface area contributed by atoms with Crippen LogP contribution in [0.2, 0.25) is 0 Å². The molecule has 12 heteroatoms. The van der Waals surface area contributed by atoms with Crippen LogP contribution in [0.4, 0.5) is 0 Å². The first-order chi connectivity index (χ1) is 22.7. The number of aliphatic imine (C=N–C) groups is 2. The van der Waals surface area contributed by atoms with Crippen molar-refractivity contribution in [3.05, 3.63) is 79.4 Å². The number of hydrogen-bond acceptors (Lipinski definition) is 7. The highest BCUT2D eigenvalue weighted by Crippen LogP contribution is 2.49. The normalized spacial score (nSPS) is 19.6. The van der Waals surface area contributed by atoms with Crippen molar-refractivity contribution in [3.63, 3.8) is 0 Å². The molecule has 0 radical (unpaired) electrons. The molecule has 4 aliphatic rings. The Labute approximate surface area is 277 Å². The third kappa shape index (κ3) is 6.87. The van der Waals surface area contributed by atoms with Gasteiger partial charge in [0.15, 0.2) is 0 Å². The average molecular weight is 657 g/mol. The minimum Gasteiger partial charge on any atom is -0.481 e. The van der Waals surface area contributed by atoms with E-state index in [0.717, 1.165) is 44.1 Å². The molecule has 0 spiro atoms. The van der Waals surface area contributed by atoms with E-state index in [1.807, 2.05) is 58.1 Å². The van der Waals surface area contributed by atoms with E-state index < -0.39 is 35.3 Å². The van der Waals surface area contributed by atoms with Gasteiger partial charge in [-0.25, -0.2) is 9.98 Å². The van der Waals surface area contributed by atoms with Crippen molar-refractivity contribution in [2.75, 3.05) is 0 Å². The van der Waals surface area contributed by atoms with E-state index >= 15 is 0 Å². The number of allylic oxidation sites excluding steroid dienone is 5. The quantitative estimate of drug-likeness (QED) is 0.193. The summed E-state index contributed by atoms with van der Waals surface area (Å²) in [6.45, 7) is 7.62. The Morgan fingerprint density at radius 1 is 0.729 bits per heavy atom. The molecule has 0 fully saturated rings. The molecule has 48 heavy (non-hydrogen) atoms. The highest BCUT2D eigenvalue weighted by molar-refractivity contribution is 6.24. The highest BCUT2D eigenvalue weighted by Gasteiger charge is 2.46. The van der Waals surface area contributed by atoms with Crippen molar-refractivity contribution >= 4 is 47.5 Å². The van der Waals surface area contributed by atoms with E-state index in [9.17, 15) is 39.6 Å². The van der Waals surface area contributed by atoms with Crippen molar-refractivity contribution in [2.45, 2.75) is 85.1 Å². The number of aliphatic carboxylic acids is 4. The number of nitrogens with zero attached hydrogens (tertiary/aromatic N) is 2. The summed E-state index contributed by atoms with van der Waals surface area (Å²) in [6, 6.07) is 1.40. The van der Waals surface area contributed by atoms with Gasteiger partial charge >= 0.3 is 23.9 Å². The summed E-state index contributed by atoms with van der Waals surface area (Å²) in [5.41, 5.74) is 7.09. The monoisotopic (exact) mass is 656 g/mol. The number of carboxylic acid groups (broad SMARTS) is 4. The summed E-state index contributed by atoms with van der Waals surface area (Å²) >= 11 is 0. The molecule has 0 amide bonds. The predicted molar refractivity (Wildman–Crippen MR) is 180 cm³/mol. The minimum atomic E-state index is -1.01. The van der Waals surface area contributed by atoms with E-state index in [4.69, 9.17) is 9.98 Å². The molecule has 6 N–H and O–H groups in total. The van der Waals surface area contributed by atoms with Crippen LogP contribution >= 0.6 is 0 Å². The molecule has 0 saturated carbocycles. The molecule has 12 nitrogen and oxygen atoms in total. The van der Waals surface area contributed by atoms with Crippen LogP contribution < -0.4 is 16.0 Å². The van der Waals surface area contributed by atoms with Crippen molar-refractivity contribution in [2.24, 2.45) is 15.4 Å². The summed E-state index contributed by atoms with van der Waals surface area (Å²) < 4.78 is 0. The van der Waals surface area contributed by atoms with Crippen LogP contribution in [-0.2, 0) is 19.2 Å². The van der Waals surface area contributed by atoms with Gasteiger partial charge < -0.3 is 30.7 Å². The van der Waals surface area contributed by atoms with Crippen LogP contribution in [-0.4, -0.2) is 66.8 Å². The van der Waals surface area contributed by atoms with Gasteiger partial charge in [-0.15, -0.1) is 0 Å². The van der Waals surface area contributed by atoms with Crippen LogP contribution in [0, 0.1) is 12.3 Å². The zero-order chi connectivity index (χ0) is 34.9. The van der Waals surface area contributed by atoms with E-state index in [1.54, 1.807) is 0 Å². The van der Waals surface area contributed by atoms with E-state index in [1.165, 1.54) is 0 Å². The zero-order valence-electron chi connectivity index (χ0n) is 27.4. The predicted octanol–water partition coefficient (Wildman–Crippen LogP) is 3.90. The van der Waals surface area contributed by atoms with Gasteiger partial charge in [0.05, 0.1) is 28.9 Å². The summed E-state index contributed by atoms with van der Waals surface area (Å²) in [7, 11) is 0. The number of carboxylic acids is 4. The van der Waals surface area contributed by atoms with E-state index in [2.05, 4.69) is 10.3 Å². The lowest BCUT2D eigenvalue weighted by molar-refractivity contribution is -0.139. The molecule has 0 saturated heterocycles. The Balaban J connectivity index is 1.80. The number of carbonyl (C=O) groups is 4. The first-order valence-electron chi connectivity index (χ1n) is 15.9. The number of aromatic nitrogens is 1. The fourth-order valence-electron chi connectivity index (χ4n) is 7.03. The van der Waals surface area contributed by atoms with Gasteiger partial charge in [0.25, 0.3) is 0 Å². The van der Waals surface area contributed by atoms with Gasteiger partial charge in [-0.3, -0.25) is 19.2 Å². The maximum absolute atomic E-state index is 11.9. The molecule has 0 aromatic carbocycles. The molecule has 5 rings (SSSR count). The molecule has 252 valence electrons. The molecule has 4 aliphatic heterocycles. The summed E-state index contributed by atoms with van der Waals surface area (Å²) in [5.74, 6) is -3.89. The Kier molecular flexibility index (Phi) is 9.56. The van der Waals surface area contributed by atoms with Crippen molar-refractivity contribution in [3.8, 4) is 0 Å². The van der Waals surface area contributed by atoms with Crippen molar-refractivity contribution < 1.29 is 39.6 Å². The van der Waals surface area contributed by atoms with Gasteiger partial charge in [0.1, 0.15) is 0 Å². The Hall–Kier alpha value is -5.26. The van der Waals surface area contributed by atoms with E-state index in [0.29, 0.717) is 28.5 Å².